The van der Waals surface area contributed by atoms with E-state index in [1.54, 1.807) is 11.8 Å². The highest BCUT2D eigenvalue weighted by Crippen LogP contribution is 2.19. The minimum absolute atomic E-state index is 0.00876. The second kappa shape index (κ2) is 9.13. The molecule has 0 fully saturated rings. The number of nitrogens with one attached hydrogen (secondary N) is 2. The van der Waals surface area contributed by atoms with Crippen molar-refractivity contribution in [2.75, 3.05) is 5.32 Å². The molecule has 2 amide bonds. The Labute approximate surface area is 147 Å². The highest BCUT2D eigenvalue weighted by atomic mass is 32.2. The molecule has 0 aliphatic carbocycles. The van der Waals surface area contributed by atoms with E-state index in [9.17, 15) is 9.59 Å². The van der Waals surface area contributed by atoms with Crippen molar-refractivity contribution in [2.24, 2.45) is 0 Å². The first kappa shape index (κ1) is 18.1. The van der Waals surface area contributed by atoms with Gasteiger partial charge in [-0.3, -0.25) is 9.59 Å². The van der Waals surface area contributed by atoms with Gasteiger partial charge in [-0.15, -0.1) is 11.8 Å². The summed E-state index contributed by atoms with van der Waals surface area (Å²) < 4.78 is 0. The number of amides is 2. The summed E-state index contributed by atoms with van der Waals surface area (Å²) in [5.41, 5.74) is 2.97. The van der Waals surface area contributed by atoms with Crippen molar-refractivity contribution in [3.05, 3.63) is 65.7 Å². The maximum atomic E-state index is 12.2. The standard InChI is InChI=1S/C19H22N2O2S/c1-14(24-13-17-6-4-3-5-7-17)19(23)21-18-10-8-16(9-11-18)12-20-15(2)22/h3-11,14H,12-13H2,1-2H3,(H,20,22)(H,21,23)/t14-/m0/s1. The first-order valence-corrected chi connectivity index (χ1v) is 8.89. The number of carbonyl (C=O) groups excluding carboxylic acids is 2. The van der Waals surface area contributed by atoms with Crippen LogP contribution >= 0.6 is 11.8 Å². The zero-order valence-corrected chi connectivity index (χ0v) is 14.7. The van der Waals surface area contributed by atoms with Gasteiger partial charge in [0.2, 0.25) is 11.8 Å². The molecule has 2 N–H and O–H groups in total. The minimum atomic E-state index is -0.135. The summed E-state index contributed by atoms with van der Waals surface area (Å²) in [5, 5.41) is 5.53. The fraction of sp³-hybridized carbons (Fsp3) is 0.263. The highest BCUT2D eigenvalue weighted by Gasteiger charge is 2.13. The maximum Gasteiger partial charge on any atom is 0.237 e. The molecule has 0 saturated heterocycles. The second-order valence-electron chi connectivity index (χ2n) is 5.53. The van der Waals surface area contributed by atoms with Crippen LogP contribution in [0.15, 0.2) is 54.6 Å². The van der Waals surface area contributed by atoms with Crippen LogP contribution in [0, 0.1) is 0 Å². The largest absolute Gasteiger partial charge is 0.352 e. The number of rotatable bonds is 7. The highest BCUT2D eigenvalue weighted by molar-refractivity contribution is 7.99. The van der Waals surface area contributed by atoms with Crippen LogP contribution in [0.2, 0.25) is 0 Å². The molecule has 2 aromatic rings. The van der Waals surface area contributed by atoms with Crippen molar-refractivity contribution in [3.63, 3.8) is 0 Å². The molecule has 0 bridgehead atoms. The van der Waals surface area contributed by atoms with E-state index in [1.807, 2.05) is 49.4 Å². The van der Waals surface area contributed by atoms with Gasteiger partial charge in [0.15, 0.2) is 0 Å². The van der Waals surface area contributed by atoms with Crippen molar-refractivity contribution >= 4 is 29.3 Å². The SMILES string of the molecule is CC(=O)NCc1ccc(NC(=O)[C@H](C)SCc2ccccc2)cc1. The number of carbonyl (C=O) groups is 2. The van der Waals surface area contributed by atoms with Crippen molar-refractivity contribution in [3.8, 4) is 0 Å². The van der Waals surface area contributed by atoms with Crippen molar-refractivity contribution in [2.45, 2.75) is 31.4 Å². The van der Waals surface area contributed by atoms with Crippen LogP contribution in [0.1, 0.15) is 25.0 Å². The molecule has 0 saturated carbocycles. The molecule has 2 rings (SSSR count). The van der Waals surface area contributed by atoms with Crippen LogP contribution in [0.3, 0.4) is 0 Å². The first-order chi connectivity index (χ1) is 11.5. The zero-order chi connectivity index (χ0) is 17.4. The molecule has 0 heterocycles. The van der Waals surface area contributed by atoms with Gasteiger partial charge in [0.25, 0.3) is 0 Å². The van der Waals surface area contributed by atoms with Crippen LogP contribution in [-0.2, 0) is 21.9 Å². The van der Waals surface area contributed by atoms with Gasteiger partial charge in [0.1, 0.15) is 0 Å². The molecular formula is C19H22N2O2S. The summed E-state index contributed by atoms with van der Waals surface area (Å²) >= 11 is 1.61. The fourth-order valence-corrected chi connectivity index (χ4v) is 2.89. The van der Waals surface area contributed by atoms with E-state index < -0.39 is 0 Å². The lowest BCUT2D eigenvalue weighted by Crippen LogP contribution is -2.22. The zero-order valence-electron chi connectivity index (χ0n) is 13.9. The summed E-state index contributed by atoms with van der Waals surface area (Å²) in [4.78, 5) is 23.1. The number of hydrogen-bond donors (Lipinski definition) is 2. The predicted octanol–water partition coefficient (Wildman–Crippen LogP) is 3.58. The number of benzene rings is 2. The van der Waals surface area contributed by atoms with E-state index in [1.165, 1.54) is 12.5 Å². The quantitative estimate of drug-likeness (QED) is 0.808. The normalized spacial score (nSPS) is 11.6. The van der Waals surface area contributed by atoms with Crippen molar-refractivity contribution < 1.29 is 9.59 Å². The van der Waals surface area contributed by atoms with E-state index in [0.29, 0.717) is 6.54 Å². The van der Waals surface area contributed by atoms with Crippen LogP contribution < -0.4 is 10.6 Å². The van der Waals surface area contributed by atoms with Crippen LogP contribution in [-0.4, -0.2) is 17.1 Å². The average Bonchev–Trinajstić information content (AvgIpc) is 2.59. The Kier molecular flexibility index (Phi) is 6.88. The van der Waals surface area contributed by atoms with Gasteiger partial charge in [0, 0.05) is 24.9 Å². The molecule has 0 spiro atoms. The maximum absolute atomic E-state index is 12.2. The average molecular weight is 342 g/mol. The van der Waals surface area contributed by atoms with Crippen LogP contribution in [0.4, 0.5) is 5.69 Å². The topological polar surface area (TPSA) is 58.2 Å². The molecule has 0 aromatic heterocycles. The molecular weight excluding hydrogens is 320 g/mol. The molecule has 4 nitrogen and oxygen atoms in total. The van der Waals surface area contributed by atoms with E-state index in [2.05, 4.69) is 22.8 Å². The van der Waals surface area contributed by atoms with Gasteiger partial charge in [0.05, 0.1) is 5.25 Å². The Hall–Kier alpha value is -2.27. The van der Waals surface area contributed by atoms with E-state index in [0.717, 1.165) is 17.0 Å². The third-order valence-electron chi connectivity index (χ3n) is 3.47. The lowest BCUT2D eigenvalue weighted by molar-refractivity contribution is -0.119. The van der Waals surface area contributed by atoms with Crippen LogP contribution in [0.5, 0.6) is 0 Å². The molecule has 0 aliphatic rings. The number of anilines is 1. The fourth-order valence-electron chi connectivity index (χ4n) is 2.05. The van der Waals surface area contributed by atoms with Gasteiger partial charge in [-0.05, 0) is 30.2 Å². The molecule has 126 valence electrons. The Balaban J connectivity index is 1.81. The minimum Gasteiger partial charge on any atom is -0.352 e. The molecule has 0 radical (unpaired) electrons. The first-order valence-electron chi connectivity index (χ1n) is 7.84. The van der Waals surface area contributed by atoms with Gasteiger partial charge >= 0.3 is 0 Å². The van der Waals surface area contributed by atoms with Gasteiger partial charge in [-0.2, -0.15) is 0 Å². The third kappa shape index (κ3) is 6.08. The van der Waals surface area contributed by atoms with Gasteiger partial charge in [-0.1, -0.05) is 42.5 Å². The Bertz CT molecular complexity index is 672. The summed E-state index contributed by atoms with van der Waals surface area (Å²) in [7, 11) is 0. The lowest BCUT2D eigenvalue weighted by atomic mass is 10.2. The lowest BCUT2D eigenvalue weighted by Gasteiger charge is -2.12. The number of thioether (sulfide) groups is 1. The van der Waals surface area contributed by atoms with E-state index >= 15 is 0 Å². The van der Waals surface area contributed by atoms with Crippen LogP contribution in [0.25, 0.3) is 0 Å². The molecule has 2 aromatic carbocycles. The van der Waals surface area contributed by atoms with Gasteiger partial charge in [-0.25, -0.2) is 0 Å². The smallest absolute Gasteiger partial charge is 0.237 e. The Morgan fingerprint density at radius 3 is 2.29 bits per heavy atom. The van der Waals surface area contributed by atoms with Gasteiger partial charge < -0.3 is 10.6 Å². The van der Waals surface area contributed by atoms with E-state index in [4.69, 9.17) is 0 Å². The molecule has 24 heavy (non-hydrogen) atoms. The summed E-state index contributed by atoms with van der Waals surface area (Å²) in [6, 6.07) is 17.6. The summed E-state index contributed by atoms with van der Waals surface area (Å²) in [6.45, 7) is 3.89. The molecule has 1 atom stereocenters. The Morgan fingerprint density at radius 2 is 1.67 bits per heavy atom. The summed E-state index contributed by atoms with van der Waals surface area (Å²) in [6.07, 6.45) is 0. The van der Waals surface area contributed by atoms with Crippen molar-refractivity contribution in [1.29, 1.82) is 0 Å². The third-order valence-corrected chi connectivity index (χ3v) is 4.69. The predicted molar refractivity (Wildman–Crippen MR) is 99.8 cm³/mol. The summed E-state index contributed by atoms with van der Waals surface area (Å²) in [5.74, 6) is 0.743. The molecule has 0 aliphatic heterocycles. The number of hydrogen-bond acceptors (Lipinski definition) is 3. The van der Waals surface area contributed by atoms with E-state index in [-0.39, 0.29) is 17.1 Å². The monoisotopic (exact) mass is 342 g/mol. The Morgan fingerprint density at radius 1 is 1.00 bits per heavy atom. The van der Waals surface area contributed by atoms with Crippen molar-refractivity contribution in [1.82, 2.24) is 5.32 Å². The molecule has 0 unspecified atom stereocenters. The second-order valence-corrected chi connectivity index (χ2v) is 6.86. The molecule has 5 heteroatoms.